The molecule has 1 fully saturated rings. The highest BCUT2D eigenvalue weighted by atomic mass is 16.2. The van der Waals surface area contributed by atoms with Crippen molar-refractivity contribution in [3.8, 4) is 6.07 Å². The number of aromatic nitrogens is 1. The zero-order chi connectivity index (χ0) is 17.5. The van der Waals surface area contributed by atoms with Crippen molar-refractivity contribution in [1.82, 2.24) is 10.3 Å². The van der Waals surface area contributed by atoms with E-state index in [1.54, 1.807) is 18.3 Å². The Labute approximate surface area is 147 Å². The average Bonchev–Trinajstić information content (AvgIpc) is 2.67. The van der Waals surface area contributed by atoms with Crippen molar-refractivity contribution in [2.45, 2.75) is 12.8 Å². The number of benzene rings is 1. The van der Waals surface area contributed by atoms with Crippen LogP contribution in [0.2, 0.25) is 0 Å². The van der Waals surface area contributed by atoms with Gasteiger partial charge in [-0.05, 0) is 43.0 Å². The molecular weight excluding hydrogens is 314 g/mol. The second kappa shape index (κ2) is 8.15. The zero-order valence-corrected chi connectivity index (χ0v) is 14.0. The second-order valence-electron chi connectivity index (χ2n) is 6.12. The summed E-state index contributed by atoms with van der Waals surface area (Å²) in [5, 5.41) is 15.0. The van der Waals surface area contributed by atoms with E-state index in [0.29, 0.717) is 18.0 Å². The van der Waals surface area contributed by atoms with Gasteiger partial charge in [-0.3, -0.25) is 0 Å². The lowest BCUT2D eigenvalue weighted by Gasteiger charge is -2.33. The summed E-state index contributed by atoms with van der Waals surface area (Å²) in [6, 6.07) is 15.0. The maximum Gasteiger partial charge on any atom is 0.319 e. The summed E-state index contributed by atoms with van der Waals surface area (Å²) in [6.45, 7) is 2.34. The van der Waals surface area contributed by atoms with Gasteiger partial charge in [0, 0.05) is 31.5 Å². The van der Waals surface area contributed by atoms with E-state index in [9.17, 15) is 10.1 Å². The monoisotopic (exact) mass is 335 g/mol. The predicted molar refractivity (Wildman–Crippen MR) is 97.4 cm³/mol. The molecule has 1 aromatic heterocycles. The van der Waals surface area contributed by atoms with Crippen LogP contribution in [-0.4, -0.2) is 30.6 Å². The van der Waals surface area contributed by atoms with Crippen LogP contribution in [0, 0.1) is 17.2 Å². The second-order valence-corrected chi connectivity index (χ2v) is 6.12. The largest absolute Gasteiger partial charge is 0.356 e. The van der Waals surface area contributed by atoms with Gasteiger partial charge in [0.15, 0.2) is 0 Å². The number of nitrogens with zero attached hydrogens (tertiary/aromatic N) is 3. The average molecular weight is 335 g/mol. The molecule has 1 aromatic carbocycles. The number of nitrogens with one attached hydrogen (secondary N) is 2. The molecule has 0 spiro atoms. The first-order chi connectivity index (χ1) is 12.3. The Morgan fingerprint density at radius 2 is 1.96 bits per heavy atom. The molecule has 0 unspecified atom stereocenters. The summed E-state index contributed by atoms with van der Waals surface area (Å²) in [4.78, 5) is 18.4. The Kier molecular flexibility index (Phi) is 5.47. The molecule has 2 amide bonds. The molecule has 2 N–H and O–H groups in total. The number of anilines is 2. The normalized spacial score (nSPS) is 14.6. The van der Waals surface area contributed by atoms with Gasteiger partial charge in [-0.15, -0.1) is 0 Å². The molecular formula is C19H21N5O. The number of urea groups is 1. The van der Waals surface area contributed by atoms with E-state index >= 15 is 0 Å². The molecule has 1 saturated heterocycles. The van der Waals surface area contributed by atoms with Crippen molar-refractivity contribution < 1.29 is 4.79 Å². The Hall–Kier alpha value is -3.07. The Morgan fingerprint density at radius 3 is 2.68 bits per heavy atom. The number of rotatable bonds is 4. The van der Waals surface area contributed by atoms with Crippen molar-refractivity contribution in [3.63, 3.8) is 0 Å². The maximum absolute atomic E-state index is 11.9. The maximum atomic E-state index is 11.9. The van der Waals surface area contributed by atoms with Gasteiger partial charge in [0.25, 0.3) is 0 Å². The first-order valence-electron chi connectivity index (χ1n) is 8.46. The van der Waals surface area contributed by atoms with Crippen LogP contribution in [0.1, 0.15) is 18.4 Å². The van der Waals surface area contributed by atoms with Crippen LogP contribution >= 0.6 is 0 Å². The molecule has 2 heterocycles. The highest BCUT2D eigenvalue weighted by Crippen LogP contribution is 2.23. The Morgan fingerprint density at radius 1 is 1.20 bits per heavy atom. The summed E-state index contributed by atoms with van der Waals surface area (Å²) < 4.78 is 0. The number of nitriles is 1. The number of hydrogen-bond acceptors (Lipinski definition) is 4. The summed E-state index contributed by atoms with van der Waals surface area (Å²) >= 11 is 0. The topological polar surface area (TPSA) is 81.1 Å². The van der Waals surface area contributed by atoms with Crippen molar-refractivity contribution in [1.29, 1.82) is 5.26 Å². The number of pyridine rings is 1. The summed E-state index contributed by atoms with van der Waals surface area (Å²) in [7, 11) is 0. The molecule has 0 bridgehead atoms. The molecule has 6 heteroatoms. The number of para-hydroxylation sites is 1. The molecule has 0 radical (unpaired) electrons. The standard InChI is InChI=1S/C19H21N5O/c20-13-16-5-4-10-21-18(16)24-11-8-15(9-12-24)14-22-19(25)23-17-6-2-1-3-7-17/h1-7,10,15H,8-9,11-12,14H2,(H2,22,23,25). The van der Waals surface area contributed by atoms with E-state index in [1.165, 1.54) is 0 Å². The van der Waals surface area contributed by atoms with Gasteiger partial charge >= 0.3 is 6.03 Å². The first-order valence-corrected chi connectivity index (χ1v) is 8.46. The predicted octanol–water partition coefficient (Wildman–Crippen LogP) is 2.99. The quantitative estimate of drug-likeness (QED) is 0.900. The van der Waals surface area contributed by atoms with E-state index in [2.05, 4.69) is 26.6 Å². The number of carbonyl (C=O) groups excluding carboxylic acids is 1. The third-order valence-electron chi connectivity index (χ3n) is 4.40. The van der Waals surface area contributed by atoms with Crippen molar-refractivity contribution >= 4 is 17.5 Å². The number of hydrogen-bond donors (Lipinski definition) is 2. The van der Waals surface area contributed by atoms with Crippen molar-refractivity contribution in [2.75, 3.05) is 29.9 Å². The van der Waals surface area contributed by atoms with E-state index in [-0.39, 0.29) is 6.03 Å². The molecule has 1 aliphatic rings. The molecule has 0 aliphatic carbocycles. The smallest absolute Gasteiger partial charge is 0.319 e. The van der Waals surface area contributed by atoms with Gasteiger partial charge in [-0.1, -0.05) is 18.2 Å². The summed E-state index contributed by atoms with van der Waals surface area (Å²) in [5.41, 5.74) is 1.40. The van der Waals surface area contributed by atoms with E-state index in [0.717, 1.165) is 37.4 Å². The Bertz CT molecular complexity index is 748. The van der Waals surface area contributed by atoms with E-state index in [4.69, 9.17) is 0 Å². The fourth-order valence-corrected chi connectivity index (χ4v) is 3.02. The molecule has 2 aromatic rings. The van der Waals surface area contributed by atoms with Gasteiger partial charge < -0.3 is 15.5 Å². The van der Waals surface area contributed by atoms with Gasteiger partial charge in [0.1, 0.15) is 11.9 Å². The van der Waals surface area contributed by atoms with Gasteiger partial charge in [-0.25, -0.2) is 9.78 Å². The lowest BCUT2D eigenvalue weighted by Crippen LogP contribution is -2.40. The molecule has 0 atom stereocenters. The minimum Gasteiger partial charge on any atom is -0.356 e. The van der Waals surface area contributed by atoms with Gasteiger partial charge in [0.2, 0.25) is 0 Å². The minimum atomic E-state index is -0.176. The summed E-state index contributed by atoms with van der Waals surface area (Å²) in [5.74, 6) is 1.20. The van der Waals surface area contributed by atoms with Crippen molar-refractivity contribution in [3.05, 3.63) is 54.2 Å². The van der Waals surface area contributed by atoms with Crippen LogP contribution in [-0.2, 0) is 0 Å². The van der Waals surface area contributed by atoms with Gasteiger partial charge in [0.05, 0.1) is 5.56 Å². The van der Waals surface area contributed by atoms with Crippen LogP contribution in [0.5, 0.6) is 0 Å². The van der Waals surface area contributed by atoms with Crippen LogP contribution in [0.25, 0.3) is 0 Å². The van der Waals surface area contributed by atoms with Crippen LogP contribution in [0.4, 0.5) is 16.3 Å². The fraction of sp³-hybridized carbons (Fsp3) is 0.316. The highest BCUT2D eigenvalue weighted by Gasteiger charge is 2.22. The Balaban J connectivity index is 1.45. The van der Waals surface area contributed by atoms with Crippen LogP contribution in [0.3, 0.4) is 0 Å². The first kappa shape index (κ1) is 16.8. The number of piperidine rings is 1. The molecule has 1 aliphatic heterocycles. The molecule has 6 nitrogen and oxygen atoms in total. The van der Waals surface area contributed by atoms with Crippen molar-refractivity contribution in [2.24, 2.45) is 5.92 Å². The minimum absolute atomic E-state index is 0.176. The lowest BCUT2D eigenvalue weighted by atomic mass is 9.96. The van der Waals surface area contributed by atoms with Crippen LogP contribution in [0.15, 0.2) is 48.7 Å². The SMILES string of the molecule is N#Cc1cccnc1N1CCC(CNC(=O)Nc2ccccc2)CC1. The molecule has 3 rings (SSSR count). The molecule has 128 valence electrons. The van der Waals surface area contributed by atoms with Crippen LogP contribution < -0.4 is 15.5 Å². The lowest BCUT2D eigenvalue weighted by molar-refractivity contribution is 0.248. The third-order valence-corrected chi connectivity index (χ3v) is 4.40. The molecule has 25 heavy (non-hydrogen) atoms. The third kappa shape index (κ3) is 4.48. The summed E-state index contributed by atoms with van der Waals surface area (Å²) in [6.07, 6.45) is 3.65. The highest BCUT2D eigenvalue weighted by molar-refractivity contribution is 5.89. The number of amides is 2. The van der Waals surface area contributed by atoms with E-state index < -0.39 is 0 Å². The van der Waals surface area contributed by atoms with Gasteiger partial charge in [-0.2, -0.15) is 5.26 Å². The van der Waals surface area contributed by atoms with E-state index in [1.807, 2.05) is 30.3 Å². The fourth-order valence-electron chi connectivity index (χ4n) is 3.02. The number of carbonyl (C=O) groups is 1. The zero-order valence-electron chi connectivity index (χ0n) is 14.0. The molecule has 0 saturated carbocycles.